The molecule has 0 saturated carbocycles. The Labute approximate surface area is 148 Å². The standard InChI is InChI=1S/C20H23N5/c1-24-15-21-12-20(24)19-9-4-8-18(23-19)16-6-5-11-25(13-16)14-17-7-2-3-10-22-17/h2-4,7-10,12,15-16H,5-6,11,13-14H2,1H3. The van der Waals surface area contributed by atoms with Crippen molar-refractivity contribution in [1.82, 2.24) is 24.4 Å². The third-order valence-corrected chi connectivity index (χ3v) is 4.89. The Bertz CT molecular complexity index is 827. The van der Waals surface area contributed by atoms with Gasteiger partial charge in [-0.3, -0.25) is 14.9 Å². The maximum atomic E-state index is 4.94. The minimum absolute atomic E-state index is 0.477. The van der Waals surface area contributed by atoms with E-state index in [0.717, 1.165) is 36.7 Å². The van der Waals surface area contributed by atoms with E-state index < -0.39 is 0 Å². The Morgan fingerprint density at radius 3 is 2.92 bits per heavy atom. The number of hydrogen-bond donors (Lipinski definition) is 0. The first kappa shape index (κ1) is 16.0. The van der Waals surface area contributed by atoms with Crippen LogP contribution in [0.1, 0.15) is 30.1 Å². The SMILES string of the molecule is Cn1cncc1-c1cccc(C2CCCN(Cc3ccccn3)C2)n1. The maximum Gasteiger partial charge on any atom is 0.0948 e. The van der Waals surface area contributed by atoms with E-state index in [2.05, 4.69) is 45.2 Å². The molecule has 5 heteroatoms. The normalized spacial score (nSPS) is 18.4. The zero-order valence-electron chi connectivity index (χ0n) is 14.5. The first-order valence-corrected chi connectivity index (χ1v) is 8.85. The lowest BCUT2D eigenvalue weighted by atomic mass is 9.94. The van der Waals surface area contributed by atoms with Gasteiger partial charge in [0.05, 0.1) is 29.6 Å². The summed E-state index contributed by atoms with van der Waals surface area (Å²) in [6.07, 6.45) is 7.96. The van der Waals surface area contributed by atoms with Crippen LogP contribution in [-0.2, 0) is 13.6 Å². The lowest BCUT2D eigenvalue weighted by Crippen LogP contribution is -2.34. The number of likely N-dealkylation sites (tertiary alicyclic amines) is 1. The van der Waals surface area contributed by atoms with Crippen LogP contribution in [0.25, 0.3) is 11.4 Å². The average molecular weight is 333 g/mol. The summed E-state index contributed by atoms with van der Waals surface area (Å²) in [5.74, 6) is 0.477. The molecule has 1 unspecified atom stereocenters. The summed E-state index contributed by atoms with van der Waals surface area (Å²) in [6, 6.07) is 12.5. The van der Waals surface area contributed by atoms with E-state index in [1.165, 1.54) is 18.5 Å². The van der Waals surface area contributed by atoms with Crippen molar-refractivity contribution in [3.8, 4) is 11.4 Å². The van der Waals surface area contributed by atoms with Gasteiger partial charge in [-0.15, -0.1) is 0 Å². The third-order valence-electron chi connectivity index (χ3n) is 4.89. The maximum absolute atomic E-state index is 4.94. The summed E-state index contributed by atoms with van der Waals surface area (Å²) in [5, 5.41) is 0. The van der Waals surface area contributed by atoms with Crippen molar-refractivity contribution in [1.29, 1.82) is 0 Å². The van der Waals surface area contributed by atoms with Crippen molar-refractivity contribution >= 4 is 0 Å². The van der Waals surface area contributed by atoms with E-state index in [4.69, 9.17) is 4.98 Å². The number of rotatable bonds is 4. The highest BCUT2D eigenvalue weighted by Crippen LogP contribution is 2.28. The number of pyridine rings is 2. The van der Waals surface area contributed by atoms with Gasteiger partial charge in [-0.2, -0.15) is 0 Å². The van der Waals surface area contributed by atoms with Gasteiger partial charge in [0.1, 0.15) is 0 Å². The van der Waals surface area contributed by atoms with Crippen LogP contribution in [0, 0.1) is 0 Å². The molecule has 0 spiro atoms. The molecule has 5 nitrogen and oxygen atoms in total. The molecule has 0 bridgehead atoms. The zero-order chi connectivity index (χ0) is 17.1. The molecule has 3 aromatic heterocycles. The van der Waals surface area contributed by atoms with Gasteiger partial charge in [0, 0.05) is 37.9 Å². The van der Waals surface area contributed by atoms with E-state index in [9.17, 15) is 0 Å². The van der Waals surface area contributed by atoms with Gasteiger partial charge < -0.3 is 4.57 Å². The second kappa shape index (κ2) is 7.15. The molecule has 4 heterocycles. The molecule has 1 fully saturated rings. The molecule has 1 saturated heterocycles. The van der Waals surface area contributed by atoms with Gasteiger partial charge in [0.25, 0.3) is 0 Å². The van der Waals surface area contributed by atoms with Crippen molar-refractivity contribution < 1.29 is 0 Å². The van der Waals surface area contributed by atoms with Crippen molar-refractivity contribution in [2.45, 2.75) is 25.3 Å². The number of piperidine rings is 1. The van der Waals surface area contributed by atoms with Crippen molar-refractivity contribution in [3.63, 3.8) is 0 Å². The van der Waals surface area contributed by atoms with Crippen LogP contribution >= 0.6 is 0 Å². The van der Waals surface area contributed by atoms with Crippen LogP contribution in [0.3, 0.4) is 0 Å². The highest BCUT2D eigenvalue weighted by molar-refractivity contribution is 5.53. The minimum Gasteiger partial charge on any atom is -0.332 e. The molecule has 0 aliphatic carbocycles. The Morgan fingerprint density at radius 1 is 1.16 bits per heavy atom. The Hall–Kier alpha value is -2.53. The largest absolute Gasteiger partial charge is 0.332 e. The van der Waals surface area contributed by atoms with E-state index in [-0.39, 0.29) is 0 Å². The fourth-order valence-electron chi connectivity index (χ4n) is 3.59. The first-order chi connectivity index (χ1) is 12.3. The number of aromatic nitrogens is 4. The molecule has 1 atom stereocenters. The van der Waals surface area contributed by atoms with Gasteiger partial charge in [0.15, 0.2) is 0 Å². The second-order valence-electron chi connectivity index (χ2n) is 6.73. The van der Waals surface area contributed by atoms with Gasteiger partial charge >= 0.3 is 0 Å². The third kappa shape index (κ3) is 3.61. The molecular weight excluding hydrogens is 310 g/mol. The Kier molecular flexibility index (Phi) is 4.57. The summed E-state index contributed by atoms with van der Waals surface area (Å²) >= 11 is 0. The highest BCUT2D eigenvalue weighted by atomic mass is 15.1. The number of nitrogens with zero attached hydrogens (tertiary/aromatic N) is 5. The number of imidazole rings is 1. The van der Waals surface area contributed by atoms with E-state index in [0.29, 0.717) is 5.92 Å². The van der Waals surface area contributed by atoms with Crippen molar-refractivity contribution in [2.24, 2.45) is 7.05 Å². The monoisotopic (exact) mass is 333 g/mol. The highest BCUT2D eigenvalue weighted by Gasteiger charge is 2.23. The van der Waals surface area contributed by atoms with Crippen molar-refractivity contribution in [2.75, 3.05) is 13.1 Å². The molecule has 1 aliphatic rings. The molecule has 0 amide bonds. The van der Waals surface area contributed by atoms with E-state index in [1.54, 1.807) is 0 Å². The van der Waals surface area contributed by atoms with Crippen LogP contribution in [0.4, 0.5) is 0 Å². The van der Waals surface area contributed by atoms with Gasteiger partial charge in [-0.05, 0) is 43.7 Å². The predicted molar refractivity (Wildman–Crippen MR) is 97.9 cm³/mol. The lowest BCUT2D eigenvalue weighted by Gasteiger charge is -2.32. The molecular formula is C20H23N5. The molecule has 1 aliphatic heterocycles. The van der Waals surface area contributed by atoms with Crippen LogP contribution in [0.15, 0.2) is 55.1 Å². The van der Waals surface area contributed by atoms with Crippen LogP contribution < -0.4 is 0 Å². The average Bonchev–Trinajstić information content (AvgIpc) is 3.09. The minimum atomic E-state index is 0.477. The quantitative estimate of drug-likeness (QED) is 0.735. The lowest BCUT2D eigenvalue weighted by molar-refractivity contribution is 0.196. The molecule has 4 rings (SSSR count). The molecule has 3 aromatic rings. The zero-order valence-corrected chi connectivity index (χ0v) is 14.5. The predicted octanol–water partition coefficient (Wildman–Crippen LogP) is 3.26. The van der Waals surface area contributed by atoms with Crippen molar-refractivity contribution in [3.05, 3.63) is 66.5 Å². The van der Waals surface area contributed by atoms with Gasteiger partial charge in [-0.1, -0.05) is 12.1 Å². The van der Waals surface area contributed by atoms with Gasteiger partial charge in [0.2, 0.25) is 0 Å². The summed E-state index contributed by atoms with van der Waals surface area (Å²) in [5.41, 5.74) is 4.38. The van der Waals surface area contributed by atoms with E-state index >= 15 is 0 Å². The van der Waals surface area contributed by atoms with E-state index in [1.807, 2.05) is 36.4 Å². The molecule has 0 N–H and O–H groups in total. The second-order valence-corrected chi connectivity index (χ2v) is 6.73. The summed E-state index contributed by atoms with van der Waals surface area (Å²) < 4.78 is 2.01. The molecule has 0 aromatic carbocycles. The summed E-state index contributed by atoms with van der Waals surface area (Å²) in [4.78, 5) is 16.1. The topological polar surface area (TPSA) is 46.8 Å². The molecule has 25 heavy (non-hydrogen) atoms. The Morgan fingerprint density at radius 2 is 2.12 bits per heavy atom. The fraction of sp³-hybridized carbons (Fsp3) is 0.350. The smallest absolute Gasteiger partial charge is 0.0948 e. The number of hydrogen-bond acceptors (Lipinski definition) is 4. The molecule has 128 valence electrons. The Balaban J connectivity index is 1.51. The number of aryl methyl sites for hydroxylation is 1. The van der Waals surface area contributed by atoms with Crippen LogP contribution in [0.2, 0.25) is 0 Å². The summed E-state index contributed by atoms with van der Waals surface area (Å²) in [7, 11) is 2.01. The first-order valence-electron chi connectivity index (χ1n) is 8.85. The van der Waals surface area contributed by atoms with Crippen LogP contribution in [-0.4, -0.2) is 37.5 Å². The fourth-order valence-corrected chi connectivity index (χ4v) is 3.59. The summed E-state index contributed by atoms with van der Waals surface area (Å²) in [6.45, 7) is 3.09. The van der Waals surface area contributed by atoms with Gasteiger partial charge in [-0.25, -0.2) is 4.98 Å². The molecule has 0 radical (unpaired) electrons. The van der Waals surface area contributed by atoms with Crippen LogP contribution in [0.5, 0.6) is 0 Å².